The van der Waals surface area contributed by atoms with Crippen LogP contribution in [0.15, 0.2) is 11.8 Å². The highest BCUT2D eigenvalue weighted by Crippen LogP contribution is 2.10. The third-order valence-corrected chi connectivity index (χ3v) is 1.24. The average molecular weight is 142 g/mol. The second-order valence-corrected chi connectivity index (χ2v) is 2.81. The van der Waals surface area contributed by atoms with Gasteiger partial charge in [0.2, 0.25) is 0 Å². The van der Waals surface area contributed by atoms with Crippen LogP contribution in [0.3, 0.4) is 0 Å². The molecule has 0 radical (unpaired) electrons. The average Bonchev–Trinajstić information content (AvgIpc) is 1.81. The van der Waals surface area contributed by atoms with Crippen LogP contribution in [0.4, 0.5) is 0 Å². The zero-order chi connectivity index (χ0) is 8.15. The molecule has 0 aliphatic carbocycles. The maximum absolute atomic E-state index is 10.7. The Morgan fingerprint density at radius 2 is 2.10 bits per heavy atom. The summed E-state index contributed by atoms with van der Waals surface area (Å²) in [6, 6.07) is 0. The van der Waals surface area contributed by atoms with E-state index in [0.717, 1.165) is 6.26 Å². The Kier molecular flexibility index (Phi) is 3.77. The minimum atomic E-state index is -0.0452. The first kappa shape index (κ1) is 9.21. The fraction of sp³-hybridized carbons (Fsp3) is 0.625. The van der Waals surface area contributed by atoms with Gasteiger partial charge in [0.25, 0.3) is 0 Å². The van der Waals surface area contributed by atoms with E-state index in [9.17, 15) is 4.79 Å². The number of hydrogen-bond acceptors (Lipinski definition) is 2. The lowest BCUT2D eigenvalue weighted by Gasteiger charge is -2.03. The van der Waals surface area contributed by atoms with E-state index in [1.54, 1.807) is 0 Å². The van der Waals surface area contributed by atoms with E-state index in [1.165, 1.54) is 6.92 Å². The summed E-state index contributed by atoms with van der Waals surface area (Å²) in [4.78, 5) is 10.7. The second kappa shape index (κ2) is 4.09. The van der Waals surface area contributed by atoms with Gasteiger partial charge in [0.1, 0.15) is 0 Å². The molecule has 10 heavy (non-hydrogen) atoms. The van der Waals surface area contributed by atoms with Gasteiger partial charge in [-0.3, -0.25) is 4.79 Å². The van der Waals surface area contributed by atoms with Crippen molar-refractivity contribution in [1.82, 2.24) is 0 Å². The number of ketones is 1. The van der Waals surface area contributed by atoms with Crippen LogP contribution in [-0.2, 0) is 4.79 Å². The zero-order valence-corrected chi connectivity index (χ0v) is 6.72. The molecule has 58 valence electrons. The number of rotatable bonds is 3. The largest absolute Gasteiger partial charge is 0.515 e. The van der Waals surface area contributed by atoms with E-state index in [-0.39, 0.29) is 5.78 Å². The highest BCUT2D eigenvalue weighted by molar-refractivity contribution is 5.92. The highest BCUT2D eigenvalue weighted by Gasteiger charge is 2.05. The lowest BCUT2D eigenvalue weighted by molar-refractivity contribution is -0.113. The van der Waals surface area contributed by atoms with Crippen molar-refractivity contribution in [1.29, 1.82) is 0 Å². The van der Waals surface area contributed by atoms with Crippen LogP contribution in [-0.4, -0.2) is 10.9 Å². The number of aliphatic hydroxyl groups is 1. The van der Waals surface area contributed by atoms with Gasteiger partial charge in [0.05, 0.1) is 6.26 Å². The predicted octanol–water partition coefficient (Wildman–Crippen LogP) is 2.06. The fourth-order valence-corrected chi connectivity index (χ4v) is 0.727. The molecule has 0 bridgehead atoms. The van der Waals surface area contributed by atoms with Gasteiger partial charge in [-0.25, -0.2) is 0 Å². The summed E-state index contributed by atoms with van der Waals surface area (Å²) in [6.07, 6.45) is 1.56. The standard InChI is InChI=1S/C8H14O2/c1-6(2)4-8(5-9)7(3)10/h5-6,9H,4H2,1-3H3/b8-5+. The summed E-state index contributed by atoms with van der Waals surface area (Å²) in [6.45, 7) is 5.48. The van der Waals surface area contributed by atoms with Crippen molar-refractivity contribution < 1.29 is 9.90 Å². The number of hydrogen-bond donors (Lipinski definition) is 1. The van der Waals surface area contributed by atoms with Crippen molar-refractivity contribution in [3.05, 3.63) is 11.8 Å². The van der Waals surface area contributed by atoms with Crippen molar-refractivity contribution in [3.63, 3.8) is 0 Å². The predicted molar refractivity (Wildman–Crippen MR) is 40.8 cm³/mol. The summed E-state index contributed by atoms with van der Waals surface area (Å²) >= 11 is 0. The molecule has 1 N–H and O–H groups in total. The monoisotopic (exact) mass is 142 g/mol. The topological polar surface area (TPSA) is 37.3 Å². The van der Waals surface area contributed by atoms with Crippen LogP contribution >= 0.6 is 0 Å². The number of allylic oxidation sites excluding steroid dienone is 1. The van der Waals surface area contributed by atoms with Crippen molar-refractivity contribution in [2.24, 2.45) is 5.92 Å². The van der Waals surface area contributed by atoms with E-state index >= 15 is 0 Å². The molecule has 0 aliphatic heterocycles. The number of aliphatic hydroxyl groups excluding tert-OH is 1. The first-order valence-electron chi connectivity index (χ1n) is 3.42. The van der Waals surface area contributed by atoms with E-state index in [2.05, 4.69) is 0 Å². The molecule has 0 aromatic heterocycles. The summed E-state index contributed by atoms with van der Waals surface area (Å²) in [5, 5.41) is 8.56. The highest BCUT2D eigenvalue weighted by atomic mass is 16.2. The minimum Gasteiger partial charge on any atom is -0.515 e. The molecule has 0 rings (SSSR count). The molecule has 2 nitrogen and oxygen atoms in total. The number of Topliss-reactive ketones (excluding diaryl/α,β-unsaturated/α-hetero) is 1. The van der Waals surface area contributed by atoms with Crippen LogP contribution in [0.25, 0.3) is 0 Å². The summed E-state index contributed by atoms with van der Waals surface area (Å²) < 4.78 is 0. The number of carbonyl (C=O) groups excluding carboxylic acids is 1. The lowest BCUT2D eigenvalue weighted by atomic mass is 10.0. The van der Waals surface area contributed by atoms with Gasteiger partial charge in [-0.05, 0) is 19.3 Å². The van der Waals surface area contributed by atoms with Crippen molar-refractivity contribution in [2.75, 3.05) is 0 Å². The minimum absolute atomic E-state index is 0.0452. The van der Waals surface area contributed by atoms with E-state index < -0.39 is 0 Å². The van der Waals surface area contributed by atoms with Gasteiger partial charge in [0, 0.05) is 5.57 Å². The van der Waals surface area contributed by atoms with Crippen LogP contribution < -0.4 is 0 Å². The summed E-state index contributed by atoms with van der Waals surface area (Å²) in [5.41, 5.74) is 0.509. The quantitative estimate of drug-likeness (QED) is 0.483. The van der Waals surface area contributed by atoms with E-state index in [1.807, 2.05) is 13.8 Å². The maximum atomic E-state index is 10.7. The zero-order valence-electron chi connectivity index (χ0n) is 6.72. The molecule has 2 heteroatoms. The molecule has 0 aliphatic rings. The summed E-state index contributed by atoms with van der Waals surface area (Å²) in [5.74, 6) is 0.374. The van der Waals surface area contributed by atoms with Crippen LogP contribution in [0.1, 0.15) is 27.2 Å². The van der Waals surface area contributed by atoms with Crippen LogP contribution in [0.5, 0.6) is 0 Å². The smallest absolute Gasteiger partial charge is 0.158 e. The molecule has 0 saturated carbocycles. The van der Waals surface area contributed by atoms with E-state index in [4.69, 9.17) is 5.11 Å². The van der Waals surface area contributed by atoms with Gasteiger partial charge >= 0.3 is 0 Å². The van der Waals surface area contributed by atoms with Gasteiger partial charge in [0.15, 0.2) is 5.78 Å². The second-order valence-electron chi connectivity index (χ2n) is 2.81. The van der Waals surface area contributed by atoms with Crippen LogP contribution in [0, 0.1) is 5.92 Å². The lowest BCUT2D eigenvalue weighted by Crippen LogP contribution is -2.00. The molecule has 0 unspecified atom stereocenters. The Morgan fingerprint density at radius 1 is 1.60 bits per heavy atom. The Morgan fingerprint density at radius 3 is 2.20 bits per heavy atom. The Labute approximate surface area is 61.6 Å². The first-order chi connectivity index (χ1) is 4.57. The first-order valence-corrected chi connectivity index (χ1v) is 3.42. The molecule has 0 saturated heterocycles. The van der Waals surface area contributed by atoms with Crippen LogP contribution in [0.2, 0.25) is 0 Å². The molecule has 0 heterocycles. The van der Waals surface area contributed by atoms with Gasteiger partial charge in [-0.15, -0.1) is 0 Å². The molecule has 0 aromatic carbocycles. The van der Waals surface area contributed by atoms with Crippen molar-refractivity contribution in [3.8, 4) is 0 Å². The number of carbonyl (C=O) groups is 1. The third kappa shape index (κ3) is 3.28. The van der Waals surface area contributed by atoms with Gasteiger partial charge in [-0.2, -0.15) is 0 Å². The molecule has 0 spiro atoms. The third-order valence-electron chi connectivity index (χ3n) is 1.24. The molecule has 0 amide bonds. The molecule has 0 aromatic rings. The Hall–Kier alpha value is -0.790. The van der Waals surface area contributed by atoms with Crippen molar-refractivity contribution >= 4 is 5.78 Å². The Bertz CT molecular complexity index is 145. The fourth-order valence-electron chi connectivity index (χ4n) is 0.727. The maximum Gasteiger partial charge on any atom is 0.158 e. The van der Waals surface area contributed by atoms with Crippen molar-refractivity contribution in [2.45, 2.75) is 27.2 Å². The Balaban J connectivity index is 3.99. The molecular formula is C8H14O2. The van der Waals surface area contributed by atoms with E-state index in [0.29, 0.717) is 17.9 Å². The van der Waals surface area contributed by atoms with Gasteiger partial charge < -0.3 is 5.11 Å². The molecule has 0 fully saturated rings. The molecular weight excluding hydrogens is 128 g/mol. The SMILES string of the molecule is CC(=O)/C(=C/O)CC(C)C. The normalized spacial score (nSPS) is 12.2. The summed E-state index contributed by atoms with van der Waals surface area (Å²) in [7, 11) is 0. The molecule has 0 atom stereocenters. The van der Waals surface area contributed by atoms with Gasteiger partial charge in [-0.1, -0.05) is 13.8 Å².